The van der Waals surface area contributed by atoms with Gasteiger partial charge in [0.05, 0.1) is 11.6 Å². The third-order valence-corrected chi connectivity index (χ3v) is 4.00. The summed E-state index contributed by atoms with van der Waals surface area (Å²) in [7, 11) is 0. The molecule has 2 unspecified atom stereocenters. The number of amides is 1. The van der Waals surface area contributed by atoms with E-state index >= 15 is 0 Å². The van der Waals surface area contributed by atoms with E-state index in [1.54, 1.807) is 0 Å². The van der Waals surface area contributed by atoms with Gasteiger partial charge in [0, 0.05) is 13.1 Å². The minimum atomic E-state index is -0.864. The molecule has 1 amide bonds. The molecule has 1 aromatic carbocycles. The van der Waals surface area contributed by atoms with Crippen molar-refractivity contribution in [2.45, 2.75) is 13.3 Å². The minimum absolute atomic E-state index is 0.0899. The summed E-state index contributed by atoms with van der Waals surface area (Å²) in [6.45, 7) is 2.69. The Morgan fingerprint density at radius 3 is 2.65 bits per heavy atom. The number of carboxylic acid groups (broad SMARTS) is 1. The second-order valence-electron chi connectivity index (χ2n) is 5.93. The lowest BCUT2D eigenvalue weighted by molar-refractivity contribution is -0.143. The second-order valence-corrected chi connectivity index (χ2v) is 5.93. The van der Waals surface area contributed by atoms with Gasteiger partial charge in [-0.2, -0.15) is 0 Å². The Bertz CT molecular complexity index is 713. The molecule has 2 aromatic rings. The molecule has 0 spiro atoms. The largest absolute Gasteiger partial charge is 0.481 e. The fraction of sp³-hybridized carbons (Fsp3) is 0.375. The van der Waals surface area contributed by atoms with Crippen LogP contribution in [-0.2, 0) is 4.79 Å². The number of rotatable bonds is 3. The van der Waals surface area contributed by atoms with Gasteiger partial charge in [-0.3, -0.25) is 9.59 Å². The van der Waals surface area contributed by atoms with E-state index in [2.05, 4.69) is 10.1 Å². The first kappa shape index (κ1) is 15.2. The summed E-state index contributed by atoms with van der Waals surface area (Å²) >= 11 is 0. The Hall–Kier alpha value is -2.70. The highest BCUT2D eigenvalue weighted by atomic mass is 16.4. The first-order valence-electron chi connectivity index (χ1n) is 7.53. The Labute approximate surface area is 133 Å². The SMILES string of the molecule is CC1CC(C(=O)O)CN(C(=O)c2ncn(-c3ccccc3)n2)C1. The number of para-hydroxylation sites is 1. The average molecular weight is 314 g/mol. The number of carbonyl (C=O) groups excluding carboxylic acids is 1. The van der Waals surface area contributed by atoms with Crippen molar-refractivity contribution >= 4 is 11.9 Å². The van der Waals surface area contributed by atoms with Crippen LogP contribution < -0.4 is 0 Å². The molecular formula is C16H18N4O3. The molecule has 0 saturated carbocycles. The number of hydrogen-bond acceptors (Lipinski definition) is 4. The van der Waals surface area contributed by atoms with Crippen LogP contribution in [0.3, 0.4) is 0 Å². The van der Waals surface area contributed by atoms with E-state index in [0.717, 1.165) is 5.69 Å². The van der Waals surface area contributed by atoms with Crippen LogP contribution in [0.15, 0.2) is 36.7 Å². The molecule has 2 heterocycles. The van der Waals surface area contributed by atoms with E-state index in [-0.39, 0.29) is 24.2 Å². The topological polar surface area (TPSA) is 88.3 Å². The molecule has 1 aliphatic rings. The Morgan fingerprint density at radius 1 is 1.22 bits per heavy atom. The van der Waals surface area contributed by atoms with Gasteiger partial charge in [0.2, 0.25) is 5.82 Å². The first-order valence-corrected chi connectivity index (χ1v) is 7.53. The van der Waals surface area contributed by atoms with Crippen LogP contribution in [0, 0.1) is 11.8 Å². The van der Waals surface area contributed by atoms with Gasteiger partial charge in [-0.15, -0.1) is 5.10 Å². The number of aliphatic carboxylic acids is 1. The maximum atomic E-state index is 12.6. The second kappa shape index (κ2) is 6.20. The van der Waals surface area contributed by atoms with Crippen molar-refractivity contribution in [2.75, 3.05) is 13.1 Å². The zero-order valence-corrected chi connectivity index (χ0v) is 12.8. The van der Waals surface area contributed by atoms with Gasteiger partial charge in [-0.1, -0.05) is 25.1 Å². The Balaban J connectivity index is 1.78. The summed E-state index contributed by atoms with van der Waals surface area (Å²) < 4.78 is 1.54. The van der Waals surface area contributed by atoms with Crippen molar-refractivity contribution in [1.29, 1.82) is 0 Å². The number of piperidine rings is 1. The third kappa shape index (κ3) is 3.23. The molecule has 1 fully saturated rings. The average Bonchev–Trinajstić information content (AvgIpc) is 3.04. The van der Waals surface area contributed by atoms with Gasteiger partial charge in [-0.05, 0) is 24.5 Å². The summed E-state index contributed by atoms with van der Waals surface area (Å²) in [5.41, 5.74) is 0.814. The fourth-order valence-corrected chi connectivity index (χ4v) is 2.90. The molecule has 0 bridgehead atoms. The van der Waals surface area contributed by atoms with Crippen LogP contribution in [0.25, 0.3) is 5.69 Å². The van der Waals surface area contributed by atoms with Crippen molar-refractivity contribution in [3.05, 3.63) is 42.5 Å². The van der Waals surface area contributed by atoms with Gasteiger partial charge in [0.15, 0.2) is 0 Å². The summed E-state index contributed by atoms with van der Waals surface area (Å²) in [6, 6.07) is 9.39. The molecule has 1 aromatic heterocycles. The van der Waals surface area contributed by atoms with E-state index < -0.39 is 11.9 Å². The summed E-state index contributed by atoms with van der Waals surface area (Å²) in [5.74, 6) is -1.48. The number of likely N-dealkylation sites (tertiary alicyclic amines) is 1. The number of carbonyl (C=O) groups is 2. The Kier molecular flexibility index (Phi) is 4.10. The molecule has 1 N–H and O–H groups in total. The maximum absolute atomic E-state index is 12.6. The van der Waals surface area contributed by atoms with Gasteiger partial charge in [-0.25, -0.2) is 9.67 Å². The van der Waals surface area contributed by atoms with E-state index in [1.807, 2.05) is 37.3 Å². The molecule has 1 aliphatic heterocycles. The van der Waals surface area contributed by atoms with Gasteiger partial charge in [0.1, 0.15) is 6.33 Å². The smallest absolute Gasteiger partial charge is 0.308 e. The van der Waals surface area contributed by atoms with Crippen molar-refractivity contribution in [3.8, 4) is 5.69 Å². The highest BCUT2D eigenvalue weighted by Gasteiger charge is 2.33. The van der Waals surface area contributed by atoms with Crippen LogP contribution >= 0.6 is 0 Å². The van der Waals surface area contributed by atoms with E-state index in [0.29, 0.717) is 13.0 Å². The van der Waals surface area contributed by atoms with Gasteiger partial charge < -0.3 is 10.0 Å². The summed E-state index contributed by atoms with van der Waals surface area (Å²) in [5, 5.41) is 13.4. The first-order chi connectivity index (χ1) is 11.0. The van der Waals surface area contributed by atoms with Crippen molar-refractivity contribution in [3.63, 3.8) is 0 Å². The normalized spacial score (nSPS) is 21.2. The Morgan fingerprint density at radius 2 is 1.96 bits per heavy atom. The maximum Gasteiger partial charge on any atom is 0.308 e. The lowest BCUT2D eigenvalue weighted by Crippen LogP contribution is -2.45. The third-order valence-electron chi connectivity index (χ3n) is 4.00. The molecule has 23 heavy (non-hydrogen) atoms. The monoisotopic (exact) mass is 314 g/mol. The van der Waals surface area contributed by atoms with Crippen molar-refractivity contribution in [1.82, 2.24) is 19.7 Å². The highest BCUT2D eigenvalue weighted by Crippen LogP contribution is 2.22. The minimum Gasteiger partial charge on any atom is -0.481 e. The van der Waals surface area contributed by atoms with Crippen LogP contribution in [0.5, 0.6) is 0 Å². The molecular weight excluding hydrogens is 296 g/mol. The number of hydrogen-bond donors (Lipinski definition) is 1. The standard InChI is InChI=1S/C16H18N4O3/c1-11-7-12(16(22)23)9-19(8-11)15(21)14-17-10-20(18-14)13-5-3-2-4-6-13/h2-6,10-12H,7-9H2,1H3,(H,22,23). The molecule has 120 valence electrons. The van der Waals surface area contributed by atoms with Crippen LogP contribution in [0.1, 0.15) is 24.0 Å². The number of aromatic nitrogens is 3. The number of carboxylic acids is 1. The van der Waals surface area contributed by atoms with E-state index in [1.165, 1.54) is 15.9 Å². The number of nitrogens with zero attached hydrogens (tertiary/aromatic N) is 4. The summed E-state index contributed by atoms with van der Waals surface area (Å²) in [4.78, 5) is 29.4. The lowest BCUT2D eigenvalue weighted by atomic mass is 9.90. The van der Waals surface area contributed by atoms with E-state index in [4.69, 9.17) is 0 Å². The number of benzene rings is 1. The molecule has 0 aliphatic carbocycles. The molecule has 1 saturated heterocycles. The molecule has 3 rings (SSSR count). The van der Waals surface area contributed by atoms with Crippen LogP contribution in [0.4, 0.5) is 0 Å². The summed E-state index contributed by atoms with van der Waals surface area (Å²) in [6.07, 6.45) is 2.08. The lowest BCUT2D eigenvalue weighted by Gasteiger charge is -2.33. The van der Waals surface area contributed by atoms with Crippen LogP contribution in [-0.4, -0.2) is 49.7 Å². The molecule has 7 nitrogen and oxygen atoms in total. The molecule has 0 radical (unpaired) electrons. The van der Waals surface area contributed by atoms with Crippen molar-refractivity contribution < 1.29 is 14.7 Å². The zero-order chi connectivity index (χ0) is 16.4. The molecule has 7 heteroatoms. The van der Waals surface area contributed by atoms with Gasteiger partial charge >= 0.3 is 5.97 Å². The molecule has 2 atom stereocenters. The van der Waals surface area contributed by atoms with E-state index in [9.17, 15) is 14.7 Å². The zero-order valence-electron chi connectivity index (χ0n) is 12.8. The predicted octanol–water partition coefficient (Wildman–Crippen LogP) is 1.45. The predicted molar refractivity (Wildman–Crippen MR) is 82.2 cm³/mol. The fourth-order valence-electron chi connectivity index (χ4n) is 2.90. The quantitative estimate of drug-likeness (QED) is 0.926. The van der Waals surface area contributed by atoms with Crippen LogP contribution in [0.2, 0.25) is 0 Å². The van der Waals surface area contributed by atoms with Gasteiger partial charge in [0.25, 0.3) is 5.91 Å². The highest BCUT2D eigenvalue weighted by molar-refractivity contribution is 5.90. The van der Waals surface area contributed by atoms with Crippen molar-refractivity contribution in [2.24, 2.45) is 11.8 Å².